The van der Waals surface area contributed by atoms with Crippen LogP contribution in [0.1, 0.15) is 18.1 Å². The number of hydrogen-bond acceptors (Lipinski definition) is 3. The fraction of sp³-hybridized carbons (Fsp3) is 0.417. The van der Waals surface area contributed by atoms with Gasteiger partial charge in [-0.2, -0.15) is 13.2 Å². The average Bonchev–Trinajstić information content (AvgIpc) is 2.33. The lowest BCUT2D eigenvalue weighted by Crippen LogP contribution is -2.34. The molecule has 0 spiro atoms. The van der Waals surface area contributed by atoms with Gasteiger partial charge in [0.05, 0.1) is 12.1 Å². The highest BCUT2D eigenvalue weighted by Gasteiger charge is 2.31. The number of benzene rings is 1. The summed E-state index contributed by atoms with van der Waals surface area (Å²) in [7, 11) is 0. The van der Waals surface area contributed by atoms with E-state index in [1.807, 2.05) is 0 Å². The molecule has 19 heavy (non-hydrogen) atoms. The number of likely N-dealkylation sites (N-methyl/N-ethyl adjacent to an activating group) is 1. The molecule has 0 aliphatic rings. The highest BCUT2D eigenvalue weighted by molar-refractivity contribution is 5.80. The van der Waals surface area contributed by atoms with E-state index < -0.39 is 17.6 Å². The average molecular weight is 275 g/mol. The molecule has 1 aromatic rings. The Labute approximate surface area is 109 Å². The maximum absolute atomic E-state index is 12.6. The third-order valence-electron chi connectivity index (χ3n) is 2.70. The van der Waals surface area contributed by atoms with E-state index in [1.54, 1.807) is 11.8 Å². The van der Waals surface area contributed by atoms with Crippen LogP contribution < -0.4 is 16.4 Å². The third kappa shape index (κ3) is 3.85. The van der Waals surface area contributed by atoms with Crippen molar-refractivity contribution in [3.63, 3.8) is 0 Å². The summed E-state index contributed by atoms with van der Waals surface area (Å²) < 4.78 is 37.8. The summed E-state index contributed by atoms with van der Waals surface area (Å²) in [6.07, 6.45) is -4.41. The largest absolute Gasteiger partial charge is 0.416 e. The van der Waals surface area contributed by atoms with E-state index in [1.165, 1.54) is 6.07 Å². The van der Waals surface area contributed by atoms with Gasteiger partial charge in [-0.3, -0.25) is 4.79 Å². The van der Waals surface area contributed by atoms with Crippen molar-refractivity contribution < 1.29 is 18.0 Å². The summed E-state index contributed by atoms with van der Waals surface area (Å²) in [5.41, 5.74) is 10.7. The van der Waals surface area contributed by atoms with Crippen molar-refractivity contribution in [2.75, 3.05) is 18.0 Å². The highest BCUT2D eigenvalue weighted by Crippen LogP contribution is 2.32. The smallest absolute Gasteiger partial charge is 0.368 e. The number of carbonyl (C=O) groups excluding carboxylic acids is 1. The molecule has 7 heteroatoms. The first-order valence-corrected chi connectivity index (χ1v) is 5.73. The second kappa shape index (κ2) is 5.92. The minimum absolute atomic E-state index is 0.0471. The van der Waals surface area contributed by atoms with Gasteiger partial charge in [0.2, 0.25) is 5.91 Å². The van der Waals surface area contributed by atoms with Gasteiger partial charge in [0.25, 0.3) is 0 Å². The van der Waals surface area contributed by atoms with Crippen LogP contribution in [-0.4, -0.2) is 19.0 Å². The maximum Gasteiger partial charge on any atom is 0.416 e. The molecule has 0 aliphatic carbocycles. The van der Waals surface area contributed by atoms with Crippen LogP contribution in [0.5, 0.6) is 0 Å². The van der Waals surface area contributed by atoms with Crippen LogP contribution in [0.2, 0.25) is 0 Å². The van der Waals surface area contributed by atoms with Gasteiger partial charge in [-0.15, -0.1) is 0 Å². The normalized spacial score (nSPS) is 11.4. The molecule has 0 radical (unpaired) electrons. The summed E-state index contributed by atoms with van der Waals surface area (Å²) in [5, 5.41) is 0. The van der Waals surface area contributed by atoms with E-state index in [4.69, 9.17) is 11.5 Å². The quantitative estimate of drug-likeness (QED) is 0.854. The van der Waals surface area contributed by atoms with E-state index >= 15 is 0 Å². The van der Waals surface area contributed by atoms with E-state index in [2.05, 4.69) is 0 Å². The monoisotopic (exact) mass is 275 g/mol. The molecular weight excluding hydrogens is 259 g/mol. The molecular formula is C12H16F3N3O. The Morgan fingerprint density at radius 2 is 2.00 bits per heavy atom. The lowest BCUT2D eigenvalue weighted by Gasteiger charge is -2.24. The van der Waals surface area contributed by atoms with Crippen molar-refractivity contribution in [3.05, 3.63) is 29.3 Å². The van der Waals surface area contributed by atoms with Crippen LogP contribution in [0.15, 0.2) is 18.2 Å². The Balaban J connectivity index is 3.17. The molecule has 0 bridgehead atoms. The highest BCUT2D eigenvalue weighted by atomic mass is 19.4. The van der Waals surface area contributed by atoms with Gasteiger partial charge in [-0.1, -0.05) is 0 Å². The predicted molar refractivity (Wildman–Crippen MR) is 66.4 cm³/mol. The Kier molecular flexibility index (Phi) is 4.77. The zero-order valence-corrected chi connectivity index (χ0v) is 10.5. The SMILES string of the molecule is CCN(CC(N)=O)c1ccc(C(F)(F)F)cc1CN. The van der Waals surface area contributed by atoms with Crippen LogP contribution in [-0.2, 0) is 17.5 Å². The Hall–Kier alpha value is -1.76. The number of rotatable bonds is 5. The van der Waals surface area contributed by atoms with Crippen LogP contribution in [0.25, 0.3) is 0 Å². The van der Waals surface area contributed by atoms with Crippen LogP contribution >= 0.6 is 0 Å². The molecule has 0 saturated carbocycles. The van der Waals surface area contributed by atoms with Gasteiger partial charge in [-0.25, -0.2) is 0 Å². The van der Waals surface area contributed by atoms with Crippen LogP contribution in [0, 0.1) is 0 Å². The lowest BCUT2D eigenvalue weighted by atomic mass is 10.1. The molecule has 1 rings (SSSR count). The zero-order valence-electron chi connectivity index (χ0n) is 10.5. The molecule has 0 saturated heterocycles. The summed E-state index contributed by atoms with van der Waals surface area (Å²) >= 11 is 0. The van der Waals surface area contributed by atoms with E-state index in [0.29, 0.717) is 17.8 Å². The number of nitrogens with zero attached hydrogens (tertiary/aromatic N) is 1. The van der Waals surface area contributed by atoms with Gasteiger partial charge in [-0.05, 0) is 30.7 Å². The van der Waals surface area contributed by atoms with Crippen molar-refractivity contribution >= 4 is 11.6 Å². The predicted octanol–water partition coefficient (Wildman–Crippen LogP) is 1.48. The fourth-order valence-electron chi connectivity index (χ4n) is 1.79. The number of halogens is 3. The first-order chi connectivity index (χ1) is 8.79. The first-order valence-electron chi connectivity index (χ1n) is 5.73. The van der Waals surface area contributed by atoms with E-state index in [-0.39, 0.29) is 13.1 Å². The minimum Gasteiger partial charge on any atom is -0.368 e. The summed E-state index contributed by atoms with van der Waals surface area (Å²) in [4.78, 5) is 12.5. The molecule has 0 aromatic heterocycles. The fourth-order valence-corrected chi connectivity index (χ4v) is 1.79. The van der Waals surface area contributed by atoms with Gasteiger partial charge in [0.1, 0.15) is 0 Å². The van der Waals surface area contributed by atoms with E-state index in [9.17, 15) is 18.0 Å². The second-order valence-electron chi connectivity index (χ2n) is 4.03. The van der Waals surface area contributed by atoms with Gasteiger partial charge in [0.15, 0.2) is 0 Å². The minimum atomic E-state index is -4.41. The van der Waals surface area contributed by atoms with Crippen molar-refractivity contribution in [2.45, 2.75) is 19.6 Å². The van der Waals surface area contributed by atoms with Gasteiger partial charge < -0.3 is 16.4 Å². The number of hydrogen-bond donors (Lipinski definition) is 2. The number of anilines is 1. The molecule has 1 amide bonds. The number of primary amides is 1. The second-order valence-corrected chi connectivity index (χ2v) is 4.03. The van der Waals surface area contributed by atoms with E-state index in [0.717, 1.165) is 12.1 Å². The Bertz CT molecular complexity index is 460. The number of amides is 1. The number of carbonyl (C=O) groups is 1. The molecule has 0 atom stereocenters. The lowest BCUT2D eigenvalue weighted by molar-refractivity contribution is -0.137. The third-order valence-corrected chi connectivity index (χ3v) is 2.70. The molecule has 0 fully saturated rings. The van der Waals surface area contributed by atoms with Gasteiger partial charge in [0, 0.05) is 18.8 Å². The number of nitrogens with two attached hydrogens (primary N) is 2. The standard InChI is InChI=1S/C12H16F3N3O/c1-2-18(7-11(17)19)10-4-3-9(12(13,14)15)5-8(10)6-16/h3-5H,2,6-7,16H2,1H3,(H2,17,19). The van der Waals surface area contributed by atoms with Crippen molar-refractivity contribution in [3.8, 4) is 0 Å². The molecule has 4 N–H and O–H groups in total. The molecule has 106 valence electrons. The Morgan fingerprint density at radius 3 is 2.42 bits per heavy atom. The molecule has 0 heterocycles. The Morgan fingerprint density at radius 1 is 1.37 bits per heavy atom. The van der Waals surface area contributed by atoms with Crippen molar-refractivity contribution in [2.24, 2.45) is 11.5 Å². The number of alkyl halides is 3. The summed E-state index contributed by atoms with van der Waals surface area (Å²) in [5.74, 6) is -0.551. The molecule has 4 nitrogen and oxygen atoms in total. The maximum atomic E-state index is 12.6. The van der Waals surface area contributed by atoms with Crippen molar-refractivity contribution in [1.29, 1.82) is 0 Å². The van der Waals surface area contributed by atoms with Crippen molar-refractivity contribution in [1.82, 2.24) is 0 Å². The van der Waals surface area contributed by atoms with Gasteiger partial charge >= 0.3 is 6.18 Å². The zero-order chi connectivity index (χ0) is 14.6. The first kappa shape index (κ1) is 15.3. The topological polar surface area (TPSA) is 72.3 Å². The molecule has 0 aliphatic heterocycles. The molecule has 0 unspecified atom stereocenters. The summed E-state index contributed by atoms with van der Waals surface area (Å²) in [6, 6.07) is 3.29. The van der Waals surface area contributed by atoms with Crippen LogP contribution in [0.3, 0.4) is 0 Å². The molecule has 1 aromatic carbocycles. The summed E-state index contributed by atoms with van der Waals surface area (Å²) in [6.45, 7) is 2.12. The van der Waals surface area contributed by atoms with Crippen LogP contribution in [0.4, 0.5) is 18.9 Å².